The average Bonchev–Trinajstić information content (AvgIpc) is 2.14. The van der Waals surface area contributed by atoms with Gasteiger partial charge >= 0.3 is 0 Å². The van der Waals surface area contributed by atoms with Crippen LogP contribution in [0.25, 0.3) is 0 Å². The zero-order valence-corrected chi connectivity index (χ0v) is 9.43. The van der Waals surface area contributed by atoms with Crippen molar-refractivity contribution in [1.82, 2.24) is 15.5 Å². The Morgan fingerprint density at radius 1 is 1.43 bits per heavy atom. The molecule has 0 saturated heterocycles. The van der Waals surface area contributed by atoms with Gasteiger partial charge in [-0.1, -0.05) is 20.1 Å². The minimum Gasteiger partial charge on any atom is -0.386 e. The van der Waals surface area contributed by atoms with Crippen LogP contribution in [0.4, 0.5) is 0 Å². The van der Waals surface area contributed by atoms with E-state index in [-0.39, 0.29) is 6.17 Å². The van der Waals surface area contributed by atoms with Crippen molar-refractivity contribution in [3.8, 4) is 0 Å². The largest absolute Gasteiger partial charge is 0.386 e. The summed E-state index contributed by atoms with van der Waals surface area (Å²) < 4.78 is 0. The van der Waals surface area contributed by atoms with E-state index in [1.54, 1.807) is 0 Å². The average molecular weight is 198 g/mol. The molecule has 0 fully saturated rings. The lowest BCUT2D eigenvalue weighted by Crippen LogP contribution is -2.44. The van der Waals surface area contributed by atoms with Crippen molar-refractivity contribution in [2.45, 2.75) is 26.4 Å². The van der Waals surface area contributed by atoms with E-state index in [4.69, 9.17) is 5.73 Å². The topological polar surface area (TPSA) is 53.3 Å². The normalized spacial score (nSPS) is 11.9. The minimum absolute atomic E-state index is 0.218. The highest BCUT2D eigenvalue weighted by Crippen LogP contribution is 2.03. The molecule has 0 bridgehead atoms. The SMILES string of the molecule is C=C(N)N(CC)C(=C)NC(CC)NC. The van der Waals surface area contributed by atoms with E-state index in [9.17, 15) is 0 Å². The highest BCUT2D eigenvalue weighted by Gasteiger charge is 2.09. The Balaban J connectivity index is 4.23. The van der Waals surface area contributed by atoms with Crippen LogP contribution in [0.2, 0.25) is 0 Å². The summed E-state index contributed by atoms with van der Waals surface area (Å²) in [6, 6.07) is 0. The Labute approximate surface area is 86.8 Å². The molecule has 0 heterocycles. The van der Waals surface area contributed by atoms with Crippen molar-refractivity contribution < 1.29 is 0 Å². The molecule has 0 aromatic heterocycles. The van der Waals surface area contributed by atoms with E-state index in [0.29, 0.717) is 5.82 Å². The molecule has 4 N–H and O–H groups in total. The number of rotatable bonds is 7. The van der Waals surface area contributed by atoms with Crippen molar-refractivity contribution in [1.29, 1.82) is 0 Å². The first-order valence-corrected chi connectivity index (χ1v) is 4.91. The van der Waals surface area contributed by atoms with E-state index < -0.39 is 0 Å². The van der Waals surface area contributed by atoms with Crippen LogP contribution in [0, 0.1) is 0 Å². The number of hydrogen-bond donors (Lipinski definition) is 3. The maximum atomic E-state index is 5.62. The summed E-state index contributed by atoms with van der Waals surface area (Å²) in [5.41, 5.74) is 5.62. The van der Waals surface area contributed by atoms with Crippen molar-refractivity contribution in [3.63, 3.8) is 0 Å². The fourth-order valence-corrected chi connectivity index (χ4v) is 1.22. The molecule has 1 atom stereocenters. The van der Waals surface area contributed by atoms with E-state index in [0.717, 1.165) is 18.8 Å². The Bertz CT molecular complexity index is 196. The third-order valence-electron chi connectivity index (χ3n) is 2.09. The summed E-state index contributed by atoms with van der Waals surface area (Å²) in [5.74, 6) is 1.29. The third-order valence-corrected chi connectivity index (χ3v) is 2.09. The lowest BCUT2D eigenvalue weighted by molar-refractivity contribution is 0.365. The van der Waals surface area contributed by atoms with Gasteiger partial charge < -0.3 is 21.3 Å². The molecule has 4 heteroatoms. The van der Waals surface area contributed by atoms with Gasteiger partial charge in [0.1, 0.15) is 5.82 Å². The van der Waals surface area contributed by atoms with Crippen molar-refractivity contribution in [3.05, 3.63) is 24.8 Å². The first kappa shape index (κ1) is 12.8. The molecule has 0 rings (SSSR count). The number of nitrogens with one attached hydrogen (secondary N) is 2. The Morgan fingerprint density at radius 3 is 2.29 bits per heavy atom. The van der Waals surface area contributed by atoms with Gasteiger partial charge in [-0.3, -0.25) is 0 Å². The fraction of sp³-hybridized carbons (Fsp3) is 0.600. The molecule has 4 nitrogen and oxygen atoms in total. The minimum atomic E-state index is 0.218. The van der Waals surface area contributed by atoms with Crippen LogP contribution < -0.4 is 16.4 Å². The van der Waals surface area contributed by atoms with Crippen LogP contribution in [-0.2, 0) is 0 Å². The zero-order chi connectivity index (χ0) is 11.1. The lowest BCUT2D eigenvalue weighted by Gasteiger charge is -2.28. The number of nitrogens with zero attached hydrogens (tertiary/aromatic N) is 1. The molecule has 0 saturated carbocycles. The maximum Gasteiger partial charge on any atom is 0.101 e. The highest BCUT2D eigenvalue weighted by atomic mass is 15.3. The van der Waals surface area contributed by atoms with Gasteiger partial charge in [0, 0.05) is 6.54 Å². The van der Waals surface area contributed by atoms with E-state index >= 15 is 0 Å². The predicted octanol–water partition coefficient (Wildman–Crippen LogP) is 0.755. The summed E-state index contributed by atoms with van der Waals surface area (Å²) in [6.07, 6.45) is 1.19. The van der Waals surface area contributed by atoms with Crippen molar-refractivity contribution in [2.75, 3.05) is 13.6 Å². The summed E-state index contributed by atoms with van der Waals surface area (Å²) in [5, 5.41) is 6.36. The lowest BCUT2D eigenvalue weighted by atomic mass is 10.3. The third kappa shape index (κ3) is 3.70. The summed E-state index contributed by atoms with van der Waals surface area (Å²) >= 11 is 0. The summed E-state index contributed by atoms with van der Waals surface area (Å²) in [4.78, 5) is 1.83. The second kappa shape index (κ2) is 6.32. The van der Waals surface area contributed by atoms with Gasteiger partial charge in [-0.05, 0) is 20.4 Å². The molecule has 0 aliphatic carbocycles. The van der Waals surface area contributed by atoms with Gasteiger partial charge in [0.25, 0.3) is 0 Å². The summed E-state index contributed by atoms with van der Waals surface area (Å²) in [6.45, 7) is 12.5. The fourth-order valence-electron chi connectivity index (χ4n) is 1.22. The molecular weight excluding hydrogens is 176 g/mol. The predicted molar refractivity (Wildman–Crippen MR) is 61.1 cm³/mol. The molecule has 0 spiro atoms. The Morgan fingerprint density at radius 2 is 2.00 bits per heavy atom. The molecule has 0 radical (unpaired) electrons. The quantitative estimate of drug-likeness (QED) is 0.529. The van der Waals surface area contributed by atoms with E-state index in [1.165, 1.54) is 0 Å². The molecule has 0 aromatic carbocycles. The van der Waals surface area contributed by atoms with E-state index in [2.05, 4.69) is 30.7 Å². The van der Waals surface area contributed by atoms with Gasteiger partial charge in [-0.15, -0.1) is 0 Å². The number of nitrogens with two attached hydrogens (primary N) is 1. The Hall–Kier alpha value is -1.16. The molecule has 1 unspecified atom stereocenters. The standard InChI is InChI=1S/C10H22N4/c1-6-10(12-5)13-9(4)14(7-2)8(3)11/h10,12-13H,3-4,6-7,11H2,1-2,5H3. The first-order chi connectivity index (χ1) is 6.56. The molecule has 0 amide bonds. The Kier molecular flexibility index (Phi) is 5.79. The smallest absolute Gasteiger partial charge is 0.101 e. The molecule has 82 valence electrons. The van der Waals surface area contributed by atoms with Crippen LogP contribution >= 0.6 is 0 Å². The van der Waals surface area contributed by atoms with Gasteiger partial charge in [0.15, 0.2) is 0 Å². The number of hydrogen-bond acceptors (Lipinski definition) is 4. The van der Waals surface area contributed by atoms with Crippen LogP contribution in [0.5, 0.6) is 0 Å². The van der Waals surface area contributed by atoms with Gasteiger partial charge in [-0.2, -0.15) is 0 Å². The van der Waals surface area contributed by atoms with Crippen molar-refractivity contribution in [2.24, 2.45) is 5.73 Å². The van der Waals surface area contributed by atoms with Crippen LogP contribution in [0.15, 0.2) is 24.8 Å². The maximum absolute atomic E-state index is 5.62. The zero-order valence-electron chi connectivity index (χ0n) is 9.43. The van der Waals surface area contributed by atoms with Gasteiger partial charge in [0.05, 0.1) is 12.0 Å². The molecule has 14 heavy (non-hydrogen) atoms. The molecule has 0 aliphatic rings. The van der Waals surface area contributed by atoms with Gasteiger partial charge in [0.2, 0.25) is 0 Å². The monoisotopic (exact) mass is 198 g/mol. The highest BCUT2D eigenvalue weighted by molar-refractivity contribution is 5.03. The van der Waals surface area contributed by atoms with Crippen LogP contribution in [0.3, 0.4) is 0 Å². The first-order valence-electron chi connectivity index (χ1n) is 4.91. The molecular formula is C10H22N4. The second-order valence-electron chi connectivity index (χ2n) is 3.08. The summed E-state index contributed by atoms with van der Waals surface area (Å²) in [7, 11) is 1.90. The van der Waals surface area contributed by atoms with Crippen LogP contribution in [0.1, 0.15) is 20.3 Å². The molecule has 0 aromatic rings. The van der Waals surface area contributed by atoms with Crippen LogP contribution in [-0.4, -0.2) is 24.7 Å². The van der Waals surface area contributed by atoms with E-state index in [1.807, 2.05) is 18.9 Å². The van der Waals surface area contributed by atoms with Crippen molar-refractivity contribution >= 4 is 0 Å². The van der Waals surface area contributed by atoms with Gasteiger partial charge in [-0.25, -0.2) is 0 Å². The molecule has 0 aliphatic heterocycles. The second-order valence-corrected chi connectivity index (χ2v) is 3.08.